The molecule has 3 nitrogen and oxygen atoms in total. The molecule has 0 bridgehead atoms. The first-order chi connectivity index (χ1) is 8.60. The van der Waals surface area contributed by atoms with Gasteiger partial charge in [0.2, 0.25) is 5.91 Å². The second kappa shape index (κ2) is 5.91. The van der Waals surface area contributed by atoms with Crippen LogP contribution in [0, 0.1) is 5.92 Å². The average Bonchev–Trinajstić information content (AvgIpc) is 3.15. The Morgan fingerprint density at radius 3 is 2.67 bits per heavy atom. The molecule has 2 rings (SSSR count). The summed E-state index contributed by atoms with van der Waals surface area (Å²) in [7, 11) is 0. The average molecular weight is 287 g/mol. The highest BCUT2D eigenvalue weighted by Crippen LogP contribution is 2.32. The van der Waals surface area contributed by atoms with Gasteiger partial charge in [-0.05, 0) is 36.5 Å². The first kappa shape index (κ1) is 13.7. The lowest BCUT2D eigenvalue weighted by molar-refractivity contribution is -0.121. The summed E-state index contributed by atoms with van der Waals surface area (Å²) in [6.07, 6.45) is 2.63. The highest BCUT2D eigenvalue weighted by molar-refractivity contribution is 6.42. The fraction of sp³-hybridized carbons (Fsp3) is 0.462. The van der Waals surface area contributed by atoms with E-state index in [9.17, 15) is 4.79 Å². The van der Waals surface area contributed by atoms with E-state index in [1.165, 1.54) is 0 Å². The lowest BCUT2D eigenvalue weighted by Crippen LogP contribution is -2.42. The lowest BCUT2D eigenvalue weighted by atomic mass is 10.1. The van der Waals surface area contributed by atoms with Crippen LogP contribution in [-0.2, 0) is 11.2 Å². The molecule has 1 aliphatic carbocycles. The van der Waals surface area contributed by atoms with Gasteiger partial charge in [0, 0.05) is 12.6 Å². The molecule has 1 unspecified atom stereocenters. The molecule has 0 saturated heterocycles. The minimum absolute atomic E-state index is 0.0178. The number of halogens is 2. The van der Waals surface area contributed by atoms with Crippen LogP contribution < -0.4 is 11.1 Å². The predicted molar refractivity (Wildman–Crippen MR) is 73.9 cm³/mol. The Morgan fingerprint density at radius 1 is 1.39 bits per heavy atom. The molecular formula is C13H16Cl2N2O. The normalized spacial score (nSPS) is 16.4. The van der Waals surface area contributed by atoms with Gasteiger partial charge in [0.15, 0.2) is 0 Å². The van der Waals surface area contributed by atoms with Crippen LogP contribution in [0.3, 0.4) is 0 Å². The van der Waals surface area contributed by atoms with Crippen molar-refractivity contribution in [3.05, 3.63) is 33.8 Å². The van der Waals surface area contributed by atoms with Crippen molar-refractivity contribution in [1.29, 1.82) is 0 Å². The number of carbonyl (C=O) groups excluding carboxylic acids is 1. The number of nitrogens with one attached hydrogen (secondary N) is 1. The van der Waals surface area contributed by atoms with E-state index in [2.05, 4.69) is 5.32 Å². The van der Waals surface area contributed by atoms with Crippen molar-refractivity contribution in [3.63, 3.8) is 0 Å². The monoisotopic (exact) mass is 286 g/mol. The molecule has 1 saturated carbocycles. The van der Waals surface area contributed by atoms with E-state index in [1.54, 1.807) is 12.1 Å². The molecule has 0 aromatic heterocycles. The summed E-state index contributed by atoms with van der Waals surface area (Å²) < 4.78 is 0. The van der Waals surface area contributed by atoms with E-state index < -0.39 is 0 Å². The van der Waals surface area contributed by atoms with Gasteiger partial charge in [0.25, 0.3) is 0 Å². The van der Waals surface area contributed by atoms with Crippen LogP contribution in [0.25, 0.3) is 0 Å². The summed E-state index contributed by atoms with van der Waals surface area (Å²) in [6.45, 7) is 0.498. The van der Waals surface area contributed by atoms with E-state index in [0.717, 1.165) is 18.4 Å². The zero-order valence-electron chi connectivity index (χ0n) is 9.96. The van der Waals surface area contributed by atoms with E-state index in [-0.39, 0.29) is 11.9 Å². The van der Waals surface area contributed by atoms with Gasteiger partial charge in [-0.15, -0.1) is 0 Å². The lowest BCUT2D eigenvalue weighted by Gasteiger charge is -2.16. The molecule has 3 N–H and O–H groups in total. The van der Waals surface area contributed by atoms with Crippen molar-refractivity contribution >= 4 is 29.1 Å². The summed E-state index contributed by atoms with van der Waals surface area (Å²) in [5.41, 5.74) is 6.50. The molecule has 1 fully saturated rings. The van der Waals surface area contributed by atoms with Gasteiger partial charge < -0.3 is 11.1 Å². The molecule has 0 heterocycles. The van der Waals surface area contributed by atoms with Crippen molar-refractivity contribution in [2.45, 2.75) is 25.3 Å². The number of carbonyl (C=O) groups is 1. The number of nitrogens with two attached hydrogens (primary N) is 1. The summed E-state index contributed by atoms with van der Waals surface area (Å²) >= 11 is 11.7. The Hall–Kier alpha value is -0.770. The zero-order chi connectivity index (χ0) is 13.1. The molecular weight excluding hydrogens is 271 g/mol. The van der Waals surface area contributed by atoms with E-state index in [0.29, 0.717) is 28.9 Å². The van der Waals surface area contributed by atoms with E-state index >= 15 is 0 Å². The topological polar surface area (TPSA) is 55.1 Å². The smallest absolute Gasteiger partial charge is 0.224 e. The molecule has 1 aliphatic rings. The molecule has 1 amide bonds. The number of hydrogen-bond donors (Lipinski definition) is 2. The highest BCUT2D eigenvalue weighted by atomic mass is 35.5. The van der Waals surface area contributed by atoms with Crippen LogP contribution in [0.15, 0.2) is 18.2 Å². The number of benzene rings is 1. The van der Waals surface area contributed by atoms with Gasteiger partial charge in [-0.3, -0.25) is 4.79 Å². The van der Waals surface area contributed by atoms with Gasteiger partial charge in [0.05, 0.1) is 16.5 Å². The fourth-order valence-corrected chi connectivity index (χ4v) is 2.28. The predicted octanol–water partition coefficient (Wildman–Crippen LogP) is 2.39. The molecule has 5 heteroatoms. The Bertz CT molecular complexity index is 447. The molecule has 0 aliphatic heterocycles. The van der Waals surface area contributed by atoms with Gasteiger partial charge in [-0.2, -0.15) is 0 Å². The standard InChI is InChI=1S/C13H16Cl2N2O/c14-10-4-1-8(5-11(10)15)6-13(18)17-12(7-16)9-2-3-9/h1,4-5,9,12H,2-3,6-7,16H2,(H,17,18). The highest BCUT2D eigenvalue weighted by Gasteiger charge is 2.31. The second-order valence-corrected chi connectivity index (χ2v) is 5.49. The van der Waals surface area contributed by atoms with Gasteiger partial charge >= 0.3 is 0 Å². The molecule has 1 atom stereocenters. The van der Waals surface area contributed by atoms with Crippen LogP contribution in [-0.4, -0.2) is 18.5 Å². The maximum absolute atomic E-state index is 11.9. The Labute approximate surface area is 117 Å². The van der Waals surface area contributed by atoms with Gasteiger partial charge in [0.1, 0.15) is 0 Å². The number of rotatable bonds is 5. The van der Waals surface area contributed by atoms with Crippen LogP contribution >= 0.6 is 23.2 Å². The number of hydrogen-bond acceptors (Lipinski definition) is 2. The summed E-state index contributed by atoms with van der Waals surface area (Å²) in [5, 5.41) is 3.94. The van der Waals surface area contributed by atoms with Crippen LogP contribution in [0.5, 0.6) is 0 Å². The molecule has 1 aromatic carbocycles. The molecule has 18 heavy (non-hydrogen) atoms. The van der Waals surface area contributed by atoms with Gasteiger partial charge in [-0.1, -0.05) is 29.3 Å². The van der Waals surface area contributed by atoms with Crippen molar-refractivity contribution in [3.8, 4) is 0 Å². The number of amides is 1. The molecule has 0 spiro atoms. The Morgan fingerprint density at radius 2 is 2.11 bits per heavy atom. The SMILES string of the molecule is NCC(NC(=O)Cc1ccc(Cl)c(Cl)c1)C1CC1. The zero-order valence-corrected chi connectivity index (χ0v) is 11.5. The third-order valence-corrected chi connectivity index (χ3v) is 3.88. The first-order valence-electron chi connectivity index (χ1n) is 6.03. The third-order valence-electron chi connectivity index (χ3n) is 3.14. The third kappa shape index (κ3) is 3.61. The van der Waals surface area contributed by atoms with Crippen molar-refractivity contribution in [2.24, 2.45) is 11.7 Å². The summed E-state index contributed by atoms with van der Waals surface area (Å²) in [5.74, 6) is 0.545. The molecule has 1 aromatic rings. The first-order valence-corrected chi connectivity index (χ1v) is 6.79. The van der Waals surface area contributed by atoms with E-state index in [1.807, 2.05) is 6.07 Å². The summed E-state index contributed by atoms with van der Waals surface area (Å²) in [4.78, 5) is 11.9. The molecule has 98 valence electrons. The maximum Gasteiger partial charge on any atom is 0.224 e. The van der Waals surface area contributed by atoms with E-state index in [4.69, 9.17) is 28.9 Å². The van der Waals surface area contributed by atoms with Gasteiger partial charge in [-0.25, -0.2) is 0 Å². The van der Waals surface area contributed by atoms with Crippen LogP contribution in [0.4, 0.5) is 0 Å². The minimum atomic E-state index is -0.0178. The maximum atomic E-state index is 11.9. The minimum Gasteiger partial charge on any atom is -0.352 e. The van der Waals surface area contributed by atoms with Crippen LogP contribution in [0.1, 0.15) is 18.4 Å². The van der Waals surface area contributed by atoms with Crippen molar-refractivity contribution < 1.29 is 4.79 Å². The Kier molecular flexibility index (Phi) is 4.49. The van der Waals surface area contributed by atoms with Crippen molar-refractivity contribution in [1.82, 2.24) is 5.32 Å². The quantitative estimate of drug-likeness (QED) is 0.873. The largest absolute Gasteiger partial charge is 0.352 e. The van der Waals surface area contributed by atoms with Crippen molar-refractivity contribution in [2.75, 3.05) is 6.54 Å². The summed E-state index contributed by atoms with van der Waals surface area (Å²) in [6, 6.07) is 5.34. The van der Waals surface area contributed by atoms with Crippen LogP contribution in [0.2, 0.25) is 10.0 Å². The Balaban J connectivity index is 1.91. The fourth-order valence-electron chi connectivity index (χ4n) is 1.96. The molecule has 0 radical (unpaired) electrons. The second-order valence-electron chi connectivity index (χ2n) is 4.67.